The summed E-state index contributed by atoms with van der Waals surface area (Å²) in [5.74, 6) is 0. The van der Waals surface area contributed by atoms with Gasteiger partial charge in [0.2, 0.25) is 0 Å². The van der Waals surface area contributed by atoms with Crippen LogP contribution in [0, 0.1) is 0 Å². The third kappa shape index (κ3) is 6.51. The molecular weight excluding hydrogens is 949 g/mol. The lowest BCUT2D eigenvalue weighted by Crippen LogP contribution is -2.74. The van der Waals surface area contributed by atoms with E-state index >= 15 is 0 Å². The van der Waals surface area contributed by atoms with E-state index in [0.717, 1.165) is 11.4 Å². The first-order chi connectivity index (χ1) is 37.7. The fourth-order valence-corrected chi connectivity index (χ4v) is 23.3. The summed E-state index contributed by atoms with van der Waals surface area (Å²) in [6, 6.07) is 114. The summed E-state index contributed by atoms with van der Waals surface area (Å²) in [6.45, 7) is 0. The van der Waals surface area contributed by atoms with Crippen molar-refractivity contribution in [3.8, 4) is 33.6 Å². The Labute approximate surface area is 444 Å². The van der Waals surface area contributed by atoms with Gasteiger partial charge in [0.25, 0.3) is 0 Å². The lowest BCUT2D eigenvalue weighted by atomic mass is 9.98. The van der Waals surface area contributed by atoms with Crippen LogP contribution < -0.4 is 41.5 Å². The van der Waals surface area contributed by atoms with Crippen LogP contribution in [0.5, 0.6) is 0 Å². The number of rotatable bonds is 9. The summed E-state index contributed by atoms with van der Waals surface area (Å²) in [5.41, 5.74) is 12.1. The minimum Gasteiger partial charge on any atom is -0.309 e. The van der Waals surface area contributed by atoms with Gasteiger partial charge < -0.3 is 9.13 Å². The van der Waals surface area contributed by atoms with Gasteiger partial charge in [-0.05, 0) is 112 Å². The van der Waals surface area contributed by atoms with Gasteiger partial charge in [0.15, 0.2) is 16.1 Å². The molecule has 0 amide bonds. The second kappa shape index (κ2) is 17.7. The van der Waals surface area contributed by atoms with Crippen molar-refractivity contribution in [1.29, 1.82) is 0 Å². The molecule has 3 heterocycles. The highest BCUT2D eigenvalue weighted by atomic mass is 28.3. The Bertz CT molecular complexity index is 4370. The van der Waals surface area contributed by atoms with Gasteiger partial charge in [-0.3, -0.25) is 0 Å². The highest BCUT2D eigenvalue weighted by Gasteiger charge is 2.48. The highest BCUT2D eigenvalue weighted by molar-refractivity contribution is 7.22. The quantitative estimate of drug-likeness (QED) is 0.101. The fraction of sp³-hybridized carbons (Fsp3) is 0. The first kappa shape index (κ1) is 44.2. The van der Waals surface area contributed by atoms with Gasteiger partial charge in [-0.2, -0.15) is 0 Å². The maximum absolute atomic E-state index is 2.81. The van der Waals surface area contributed by atoms with Crippen molar-refractivity contribution in [3.63, 3.8) is 0 Å². The predicted molar refractivity (Wildman–Crippen MR) is 327 cm³/mol. The summed E-state index contributed by atoms with van der Waals surface area (Å²) in [5, 5.41) is 16.1. The van der Waals surface area contributed by atoms with Crippen LogP contribution in [0.2, 0.25) is 0 Å². The molecule has 0 unspecified atom stereocenters. The number of nitrogens with zero attached hydrogens (tertiary/aromatic N) is 2. The van der Waals surface area contributed by atoms with E-state index in [1.807, 2.05) is 0 Å². The van der Waals surface area contributed by atoms with Gasteiger partial charge in [-0.25, -0.2) is 0 Å². The van der Waals surface area contributed by atoms with Crippen LogP contribution in [0.4, 0.5) is 0 Å². The van der Waals surface area contributed by atoms with Crippen LogP contribution in [0.1, 0.15) is 0 Å². The molecule has 0 spiro atoms. The maximum Gasteiger partial charge on any atom is 0.180 e. The van der Waals surface area contributed by atoms with E-state index in [1.165, 1.54) is 107 Å². The molecule has 2 aromatic heterocycles. The Morgan fingerprint density at radius 3 is 1.26 bits per heavy atom. The summed E-state index contributed by atoms with van der Waals surface area (Å²) >= 11 is 0. The molecule has 0 N–H and O–H groups in total. The van der Waals surface area contributed by atoms with Crippen LogP contribution >= 0.6 is 0 Å². The molecular formula is C72H50N2Si2. The monoisotopic (exact) mass is 998 g/mol. The molecule has 0 fully saturated rings. The Balaban J connectivity index is 0.922. The normalized spacial score (nSPS) is 12.8. The van der Waals surface area contributed by atoms with E-state index in [4.69, 9.17) is 0 Å². The van der Waals surface area contributed by atoms with Crippen LogP contribution in [0.15, 0.2) is 303 Å². The van der Waals surface area contributed by atoms with Crippen LogP contribution in [0.3, 0.4) is 0 Å². The Morgan fingerprint density at radius 2 is 0.671 bits per heavy atom. The van der Waals surface area contributed by atoms with Crippen LogP contribution in [0.25, 0.3) is 77.2 Å². The van der Waals surface area contributed by atoms with Crippen molar-refractivity contribution in [1.82, 2.24) is 9.13 Å². The number of hydrogen-bond donors (Lipinski definition) is 0. The van der Waals surface area contributed by atoms with Gasteiger partial charge in [-0.1, -0.05) is 255 Å². The van der Waals surface area contributed by atoms with E-state index < -0.39 is 16.1 Å². The zero-order valence-electron chi connectivity index (χ0n) is 41.8. The molecule has 14 aromatic rings. The van der Waals surface area contributed by atoms with Crippen LogP contribution in [-0.4, -0.2) is 25.3 Å². The van der Waals surface area contributed by atoms with E-state index in [9.17, 15) is 0 Å². The summed E-state index contributed by atoms with van der Waals surface area (Å²) in [6.07, 6.45) is 0. The van der Waals surface area contributed by atoms with Gasteiger partial charge in [0.05, 0.1) is 22.1 Å². The van der Waals surface area contributed by atoms with E-state index in [0.29, 0.717) is 0 Å². The topological polar surface area (TPSA) is 9.86 Å². The number of hydrogen-bond acceptors (Lipinski definition) is 0. The van der Waals surface area contributed by atoms with Gasteiger partial charge >= 0.3 is 0 Å². The van der Waals surface area contributed by atoms with E-state index in [1.54, 1.807) is 0 Å². The Hall–Kier alpha value is -9.33. The number of aromatic nitrogens is 2. The molecule has 76 heavy (non-hydrogen) atoms. The molecule has 0 saturated heterocycles. The van der Waals surface area contributed by atoms with Gasteiger partial charge in [-0.15, -0.1) is 0 Å². The third-order valence-electron chi connectivity index (χ3n) is 16.5. The average molecular weight is 999 g/mol. The van der Waals surface area contributed by atoms with Crippen molar-refractivity contribution in [2.75, 3.05) is 0 Å². The smallest absolute Gasteiger partial charge is 0.180 e. The van der Waals surface area contributed by atoms with Gasteiger partial charge in [0.1, 0.15) is 0 Å². The Morgan fingerprint density at radius 1 is 0.250 bits per heavy atom. The van der Waals surface area contributed by atoms with Crippen LogP contribution in [-0.2, 0) is 0 Å². The van der Waals surface area contributed by atoms with E-state index in [2.05, 4.69) is 312 Å². The van der Waals surface area contributed by atoms with Crippen molar-refractivity contribution in [2.24, 2.45) is 0 Å². The first-order valence-electron chi connectivity index (χ1n) is 26.4. The molecule has 0 saturated carbocycles. The Kier molecular flexibility index (Phi) is 10.3. The summed E-state index contributed by atoms with van der Waals surface area (Å²) in [7, 11) is -5.40. The first-order valence-corrected chi connectivity index (χ1v) is 30.4. The zero-order chi connectivity index (χ0) is 50.2. The van der Waals surface area contributed by atoms with Crippen molar-refractivity contribution in [3.05, 3.63) is 303 Å². The molecule has 12 aromatic carbocycles. The van der Waals surface area contributed by atoms with Crippen molar-refractivity contribution in [2.45, 2.75) is 0 Å². The number of benzene rings is 12. The molecule has 0 atom stereocenters. The lowest BCUT2D eigenvalue weighted by molar-refractivity contribution is 1.16. The molecule has 356 valence electrons. The average Bonchev–Trinajstić information content (AvgIpc) is 4.12. The molecule has 1 aliphatic rings. The summed E-state index contributed by atoms with van der Waals surface area (Å²) < 4.78 is 5.00. The summed E-state index contributed by atoms with van der Waals surface area (Å²) in [4.78, 5) is 0. The number of fused-ring (bicyclic) bond motifs is 9. The minimum atomic E-state index is -2.81. The van der Waals surface area contributed by atoms with Gasteiger partial charge in [0, 0.05) is 32.9 Å². The maximum atomic E-state index is 2.51. The molecule has 15 rings (SSSR count). The second-order valence-electron chi connectivity index (χ2n) is 20.3. The predicted octanol–water partition coefficient (Wildman–Crippen LogP) is 12.3. The standard InChI is InChI=1S/C72H50N2Si2/c1-6-24-55(25-7-1)75(56-26-8-2-9-27-56,57-28-10-3-11-29-57)60-34-22-23-53(49-60)73-67-38-19-17-36-62(67)64-45-43-54(50-70(64)73)74-68-39-20-16-35-61(68)63-44-41-52(48-69(63)74)51-42-46-72-66(47-51)65-37-18-21-40-71(65)76(72,58-30-12-4-13-31-58)59-32-14-5-15-33-59/h1-50H. The highest BCUT2D eigenvalue weighted by Crippen LogP contribution is 2.39. The van der Waals surface area contributed by atoms with Crippen molar-refractivity contribution >= 4 is 101 Å². The molecule has 0 bridgehead atoms. The third-order valence-corrected chi connectivity index (χ3v) is 26.2. The lowest BCUT2D eigenvalue weighted by Gasteiger charge is -2.34. The van der Waals surface area contributed by atoms with E-state index in [-0.39, 0.29) is 0 Å². The van der Waals surface area contributed by atoms with Crippen molar-refractivity contribution < 1.29 is 0 Å². The molecule has 4 heteroatoms. The minimum absolute atomic E-state index is 1.13. The molecule has 1 aliphatic heterocycles. The molecule has 0 radical (unpaired) electrons. The fourth-order valence-electron chi connectivity index (χ4n) is 13.4. The zero-order valence-corrected chi connectivity index (χ0v) is 43.8. The largest absolute Gasteiger partial charge is 0.309 e. The SMILES string of the molecule is c1ccc([Si](c2ccccc2)(c2ccccc2)c2cccc(-n3c4ccccc4c4ccc(-n5c6ccccc6c6ccc(-c7ccc8c(c7)-c7ccccc7[Si]8(c7ccccc7)c7ccccc7)cc65)cc43)c2)cc1. The molecule has 0 aliphatic carbocycles. The number of para-hydroxylation sites is 2. The second-order valence-corrected chi connectivity index (χ2v) is 27.9. The molecule has 2 nitrogen and oxygen atoms in total.